The fourth-order valence-electron chi connectivity index (χ4n) is 2.29. The summed E-state index contributed by atoms with van der Waals surface area (Å²) in [7, 11) is 0. The Morgan fingerprint density at radius 3 is 2.48 bits per heavy atom. The SMILES string of the molecule is C#Cc1cccc(C(=O)N2CCN(CC(F)(F)F)CC2)c1. The molecule has 1 fully saturated rings. The molecule has 0 atom stereocenters. The van der Waals surface area contributed by atoms with Gasteiger partial charge >= 0.3 is 6.18 Å². The van der Waals surface area contributed by atoms with Crippen molar-refractivity contribution in [2.45, 2.75) is 6.18 Å². The number of rotatable bonds is 2. The van der Waals surface area contributed by atoms with Crippen molar-refractivity contribution < 1.29 is 18.0 Å². The molecule has 3 nitrogen and oxygen atoms in total. The Bertz CT molecular complexity index is 555. The van der Waals surface area contributed by atoms with Crippen molar-refractivity contribution in [3.63, 3.8) is 0 Å². The van der Waals surface area contributed by atoms with Crippen LogP contribution in [0.2, 0.25) is 0 Å². The number of benzene rings is 1. The summed E-state index contributed by atoms with van der Waals surface area (Å²) in [4.78, 5) is 15.1. The first-order chi connectivity index (χ1) is 9.89. The van der Waals surface area contributed by atoms with Crippen LogP contribution in [0.25, 0.3) is 0 Å². The first-order valence-electron chi connectivity index (χ1n) is 6.54. The number of carbonyl (C=O) groups is 1. The number of hydrogen-bond donors (Lipinski definition) is 0. The third-order valence-corrected chi connectivity index (χ3v) is 3.34. The first-order valence-corrected chi connectivity index (χ1v) is 6.54. The minimum absolute atomic E-state index is 0.196. The lowest BCUT2D eigenvalue weighted by Gasteiger charge is -2.35. The van der Waals surface area contributed by atoms with E-state index in [2.05, 4.69) is 5.92 Å². The zero-order valence-corrected chi connectivity index (χ0v) is 11.4. The molecule has 0 aliphatic carbocycles. The van der Waals surface area contributed by atoms with E-state index in [4.69, 9.17) is 6.42 Å². The third kappa shape index (κ3) is 4.23. The van der Waals surface area contributed by atoms with Crippen molar-refractivity contribution in [3.05, 3.63) is 35.4 Å². The highest BCUT2D eigenvalue weighted by molar-refractivity contribution is 5.94. The number of alkyl halides is 3. The Balaban J connectivity index is 1.96. The molecule has 0 saturated carbocycles. The standard InChI is InChI=1S/C15H15F3N2O/c1-2-12-4-3-5-13(10-12)14(21)20-8-6-19(7-9-20)11-15(16,17)18/h1,3-5,10H,6-9,11H2. The molecule has 0 unspecified atom stereocenters. The average molecular weight is 296 g/mol. The molecule has 0 radical (unpaired) electrons. The molecule has 1 aromatic rings. The van der Waals surface area contributed by atoms with Gasteiger partial charge in [0.25, 0.3) is 5.91 Å². The molecule has 0 bridgehead atoms. The van der Waals surface area contributed by atoms with Crippen LogP contribution < -0.4 is 0 Å². The number of terminal acetylenes is 1. The fraction of sp³-hybridized carbons (Fsp3) is 0.400. The zero-order valence-electron chi connectivity index (χ0n) is 11.4. The van der Waals surface area contributed by atoms with E-state index in [-0.39, 0.29) is 32.1 Å². The Hall–Kier alpha value is -2.00. The maximum absolute atomic E-state index is 12.3. The molecule has 1 aliphatic heterocycles. The highest BCUT2D eigenvalue weighted by atomic mass is 19.4. The largest absolute Gasteiger partial charge is 0.401 e. The number of carbonyl (C=O) groups excluding carboxylic acids is 1. The van der Waals surface area contributed by atoms with Gasteiger partial charge in [0.05, 0.1) is 6.54 Å². The minimum atomic E-state index is -4.20. The Morgan fingerprint density at radius 1 is 1.24 bits per heavy atom. The molecule has 1 amide bonds. The molecule has 0 N–H and O–H groups in total. The van der Waals surface area contributed by atoms with Gasteiger partial charge in [-0.15, -0.1) is 6.42 Å². The molecular weight excluding hydrogens is 281 g/mol. The monoisotopic (exact) mass is 296 g/mol. The predicted octanol–water partition coefficient (Wildman–Crippen LogP) is 1.99. The Kier molecular flexibility index (Phi) is 4.53. The molecule has 0 spiro atoms. The summed E-state index contributed by atoms with van der Waals surface area (Å²) >= 11 is 0. The number of amides is 1. The van der Waals surface area contributed by atoms with Gasteiger partial charge in [-0.25, -0.2) is 0 Å². The van der Waals surface area contributed by atoms with Gasteiger partial charge in [0.2, 0.25) is 0 Å². The van der Waals surface area contributed by atoms with Crippen LogP contribution in [0.5, 0.6) is 0 Å². The normalized spacial score (nSPS) is 16.6. The fourth-order valence-corrected chi connectivity index (χ4v) is 2.29. The minimum Gasteiger partial charge on any atom is -0.336 e. The van der Waals surface area contributed by atoms with Gasteiger partial charge in [-0.1, -0.05) is 12.0 Å². The van der Waals surface area contributed by atoms with Crippen molar-refractivity contribution >= 4 is 5.91 Å². The Morgan fingerprint density at radius 2 is 1.90 bits per heavy atom. The van der Waals surface area contributed by atoms with Gasteiger partial charge < -0.3 is 4.90 Å². The molecule has 1 heterocycles. The second-order valence-electron chi connectivity index (χ2n) is 4.91. The lowest BCUT2D eigenvalue weighted by Crippen LogP contribution is -2.50. The van der Waals surface area contributed by atoms with Gasteiger partial charge in [-0.2, -0.15) is 13.2 Å². The van der Waals surface area contributed by atoms with Gasteiger partial charge in [0.15, 0.2) is 0 Å². The summed E-state index contributed by atoms with van der Waals surface area (Å²) in [6.45, 7) is 0.0894. The second kappa shape index (κ2) is 6.19. The summed E-state index contributed by atoms with van der Waals surface area (Å²) in [5, 5.41) is 0. The molecule has 112 valence electrons. The molecule has 1 aliphatic rings. The van der Waals surface area contributed by atoms with Crippen molar-refractivity contribution in [1.82, 2.24) is 9.80 Å². The summed E-state index contributed by atoms with van der Waals surface area (Å²) in [5.41, 5.74) is 1.08. The molecule has 21 heavy (non-hydrogen) atoms. The lowest BCUT2D eigenvalue weighted by molar-refractivity contribution is -0.148. The highest BCUT2D eigenvalue weighted by Gasteiger charge is 2.32. The van der Waals surface area contributed by atoms with E-state index in [1.54, 1.807) is 29.2 Å². The first kappa shape index (κ1) is 15.4. The van der Waals surface area contributed by atoms with Gasteiger partial charge in [0, 0.05) is 37.3 Å². The molecule has 0 aromatic heterocycles. The predicted molar refractivity (Wildman–Crippen MR) is 72.8 cm³/mol. The van der Waals surface area contributed by atoms with Crippen LogP contribution in [-0.2, 0) is 0 Å². The van der Waals surface area contributed by atoms with Crippen molar-refractivity contribution in [1.29, 1.82) is 0 Å². The zero-order chi connectivity index (χ0) is 15.5. The van der Waals surface area contributed by atoms with Gasteiger partial charge in [0.1, 0.15) is 0 Å². The van der Waals surface area contributed by atoms with E-state index in [0.29, 0.717) is 11.1 Å². The number of hydrogen-bond acceptors (Lipinski definition) is 2. The second-order valence-corrected chi connectivity index (χ2v) is 4.91. The average Bonchev–Trinajstić information content (AvgIpc) is 2.46. The van der Waals surface area contributed by atoms with E-state index in [1.807, 2.05) is 0 Å². The third-order valence-electron chi connectivity index (χ3n) is 3.34. The van der Waals surface area contributed by atoms with Crippen LogP contribution in [0, 0.1) is 12.3 Å². The smallest absolute Gasteiger partial charge is 0.336 e. The molecule has 6 heteroatoms. The van der Waals surface area contributed by atoms with E-state index >= 15 is 0 Å². The van der Waals surface area contributed by atoms with Crippen molar-refractivity contribution in [2.24, 2.45) is 0 Å². The highest BCUT2D eigenvalue weighted by Crippen LogP contribution is 2.18. The van der Waals surface area contributed by atoms with Gasteiger partial charge in [-0.05, 0) is 18.2 Å². The molecule has 1 saturated heterocycles. The summed E-state index contributed by atoms with van der Waals surface area (Å²) in [6, 6.07) is 6.69. The van der Waals surface area contributed by atoms with Crippen molar-refractivity contribution in [3.8, 4) is 12.3 Å². The topological polar surface area (TPSA) is 23.6 Å². The molecule has 1 aromatic carbocycles. The maximum Gasteiger partial charge on any atom is 0.401 e. The van der Waals surface area contributed by atoms with E-state index in [1.165, 1.54) is 4.90 Å². The molecule has 2 rings (SSSR count). The summed E-state index contributed by atoms with van der Waals surface area (Å²) in [6.07, 6.45) is 1.09. The maximum atomic E-state index is 12.3. The van der Waals surface area contributed by atoms with Crippen LogP contribution in [0.3, 0.4) is 0 Å². The lowest BCUT2D eigenvalue weighted by atomic mass is 10.1. The molecular formula is C15H15F3N2O. The van der Waals surface area contributed by atoms with Crippen LogP contribution in [-0.4, -0.2) is 54.6 Å². The quantitative estimate of drug-likeness (QED) is 0.779. The van der Waals surface area contributed by atoms with Gasteiger partial charge in [-0.3, -0.25) is 9.69 Å². The van der Waals surface area contributed by atoms with E-state index in [9.17, 15) is 18.0 Å². The summed E-state index contributed by atoms with van der Waals surface area (Å²) < 4.78 is 36.9. The van der Waals surface area contributed by atoms with Crippen LogP contribution in [0.15, 0.2) is 24.3 Å². The number of nitrogens with zero attached hydrogens (tertiary/aromatic N) is 2. The number of piperazine rings is 1. The van der Waals surface area contributed by atoms with Crippen LogP contribution in [0.1, 0.15) is 15.9 Å². The van der Waals surface area contributed by atoms with Crippen molar-refractivity contribution in [2.75, 3.05) is 32.7 Å². The van der Waals surface area contributed by atoms with Crippen LogP contribution in [0.4, 0.5) is 13.2 Å². The number of halogens is 3. The summed E-state index contributed by atoms with van der Waals surface area (Å²) in [5.74, 6) is 2.26. The van der Waals surface area contributed by atoms with Crippen LogP contribution >= 0.6 is 0 Å². The van der Waals surface area contributed by atoms with E-state index in [0.717, 1.165) is 0 Å². The Labute approximate surface area is 121 Å². The van der Waals surface area contributed by atoms with E-state index < -0.39 is 12.7 Å².